The van der Waals surface area contributed by atoms with Crippen LogP contribution in [0.4, 0.5) is 10.5 Å². The number of anilines is 1. The highest BCUT2D eigenvalue weighted by atomic mass is 32.2. The van der Waals surface area contributed by atoms with Crippen LogP contribution < -0.4 is 9.46 Å². The molecule has 0 radical (unpaired) electrons. The van der Waals surface area contributed by atoms with Gasteiger partial charge in [-0.2, -0.15) is 0 Å². The Morgan fingerprint density at radius 1 is 0.848 bits per heavy atom. The molecule has 1 aliphatic heterocycles. The van der Waals surface area contributed by atoms with Gasteiger partial charge >= 0.3 is 6.16 Å². The van der Waals surface area contributed by atoms with Gasteiger partial charge in [-0.25, -0.2) is 13.2 Å². The molecule has 0 spiro atoms. The maximum atomic E-state index is 12.8. The fourth-order valence-electron chi connectivity index (χ4n) is 3.28. The van der Waals surface area contributed by atoms with Crippen LogP contribution in [0.2, 0.25) is 0 Å². The van der Waals surface area contributed by atoms with Crippen molar-refractivity contribution in [3.05, 3.63) is 59.7 Å². The number of rotatable bonds is 6. The fraction of sp³-hybridized carbons (Fsp3) is 0.318. The lowest BCUT2D eigenvalue weighted by Crippen LogP contribution is -2.50. The second kappa shape index (κ2) is 10.3. The van der Waals surface area contributed by atoms with Gasteiger partial charge in [0.2, 0.25) is 10.0 Å². The number of hydrogen-bond acceptors (Lipinski definition) is 7. The Labute approximate surface area is 192 Å². The summed E-state index contributed by atoms with van der Waals surface area (Å²) in [6, 6.07) is 12.4. The SMILES string of the molecule is CCOC(=O)Oc1ccc(C(=O)N2CCN(C(=O)c3ccc(NS(C)(=O)=O)cc3)CC2)cc1. The van der Waals surface area contributed by atoms with Crippen LogP contribution in [0.1, 0.15) is 27.6 Å². The van der Waals surface area contributed by atoms with Gasteiger partial charge in [-0.15, -0.1) is 0 Å². The number of carbonyl (C=O) groups is 3. The van der Waals surface area contributed by atoms with Crippen molar-refractivity contribution >= 4 is 33.7 Å². The molecule has 2 amide bonds. The highest BCUT2D eigenvalue weighted by molar-refractivity contribution is 7.92. The van der Waals surface area contributed by atoms with Crippen molar-refractivity contribution in [2.45, 2.75) is 6.92 Å². The third-order valence-corrected chi connectivity index (χ3v) is 5.46. The molecular formula is C22H25N3O7S. The third kappa shape index (κ3) is 6.69. The molecule has 0 unspecified atom stereocenters. The molecule has 176 valence electrons. The second-order valence-corrected chi connectivity index (χ2v) is 9.09. The molecule has 3 rings (SSSR count). The summed E-state index contributed by atoms with van der Waals surface area (Å²) in [7, 11) is -3.39. The van der Waals surface area contributed by atoms with Gasteiger partial charge in [0.25, 0.3) is 11.8 Å². The lowest BCUT2D eigenvalue weighted by Gasteiger charge is -2.35. The minimum Gasteiger partial charge on any atom is -0.434 e. The number of nitrogens with zero attached hydrogens (tertiary/aromatic N) is 2. The predicted molar refractivity (Wildman–Crippen MR) is 121 cm³/mol. The quantitative estimate of drug-likeness (QED) is 0.502. The van der Waals surface area contributed by atoms with Gasteiger partial charge in [0.1, 0.15) is 5.75 Å². The Bertz CT molecular complexity index is 1110. The van der Waals surface area contributed by atoms with Crippen molar-refractivity contribution < 1.29 is 32.3 Å². The van der Waals surface area contributed by atoms with Crippen LogP contribution in [0, 0.1) is 0 Å². The van der Waals surface area contributed by atoms with Crippen LogP contribution in [-0.4, -0.2) is 75.2 Å². The van der Waals surface area contributed by atoms with E-state index in [0.29, 0.717) is 43.0 Å². The topological polar surface area (TPSA) is 122 Å². The minimum atomic E-state index is -3.39. The van der Waals surface area contributed by atoms with Crippen LogP contribution >= 0.6 is 0 Å². The van der Waals surface area contributed by atoms with Gasteiger partial charge in [0.15, 0.2) is 0 Å². The van der Waals surface area contributed by atoms with Crippen LogP contribution in [0.5, 0.6) is 5.75 Å². The summed E-state index contributed by atoms with van der Waals surface area (Å²) in [5.41, 5.74) is 1.26. The highest BCUT2D eigenvalue weighted by Gasteiger charge is 2.25. The van der Waals surface area contributed by atoms with Crippen LogP contribution in [0.25, 0.3) is 0 Å². The van der Waals surface area contributed by atoms with Crippen molar-refractivity contribution in [1.29, 1.82) is 0 Å². The first-order chi connectivity index (χ1) is 15.7. The molecule has 2 aromatic rings. The Morgan fingerprint density at radius 2 is 1.30 bits per heavy atom. The largest absolute Gasteiger partial charge is 0.513 e. The molecule has 33 heavy (non-hydrogen) atoms. The number of sulfonamides is 1. The van der Waals surface area contributed by atoms with Gasteiger partial charge < -0.3 is 19.3 Å². The number of nitrogens with one attached hydrogen (secondary N) is 1. The molecule has 0 aliphatic carbocycles. The van der Waals surface area contributed by atoms with Crippen LogP contribution in [0.15, 0.2) is 48.5 Å². The molecule has 0 atom stereocenters. The van der Waals surface area contributed by atoms with Crippen molar-refractivity contribution in [3.63, 3.8) is 0 Å². The Morgan fingerprint density at radius 3 is 1.73 bits per heavy atom. The molecule has 1 N–H and O–H groups in total. The maximum Gasteiger partial charge on any atom is 0.513 e. The van der Waals surface area contributed by atoms with E-state index in [0.717, 1.165) is 6.26 Å². The van der Waals surface area contributed by atoms with Crippen LogP contribution in [0.3, 0.4) is 0 Å². The normalized spacial score (nSPS) is 13.9. The summed E-state index contributed by atoms with van der Waals surface area (Å²) >= 11 is 0. The van der Waals surface area contributed by atoms with E-state index in [1.54, 1.807) is 41.0 Å². The summed E-state index contributed by atoms with van der Waals surface area (Å²) in [5.74, 6) is -0.0902. The second-order valence-electron chi connectivity index (χ2n) is 7.35. The average molecular weight is 476 g/mol. The third-order valence-electron chi connectivity index (χ3n) is 4.85. The van der Waals surface area contributed by atoms with Crippen molar-refractivity contribution in [3.8, 4) is 5.75 Å². The molecule has 1 heterocycles. The monoisotopic (exact) mass is 475 g/mol. The van der Waals surface area contributed by atoms with E-state index in [2.05, 4.69) is 4.72 Å². The van der Waals surface area contributed by atoms with Crippen molar-refractivity contribution in [2.75, 3.05) is 43.8 Å². The lowest BCUT2D eigenvalue weighted by atomic mass is 10.1. The Kier molecular flexibility index (Phi) is 7.54. The summed E-state index contributed by atoms with van der Waals surface area (Å²) in [6.07, 6.45) is 0.247. The lowest BCUT2D eigenvalue weighted by molar-refractivity contribution is 0.0535. The van der Waals surface area contributed by atoms with E-state index in [4.69, 9.17) is 9.47 Å². The summed E-state index contributed by atoms with van der Waals surface area (Å²) in [6.45, 7) is 3.37. The molecule has 1 aliphatic rings. The maximum absolute atomic E-state index is 12.8. The summed E-state index contributed by atoms with van der Waals surface area (Å²) in [4.78, 5) is 40.2. The van der Waals surface area contributed by atoms with Gasteiger partial charge in [-0.05, 0) is 55.5 Å². The van der Waals surface area contributed by atoms with Crippen LogP contribution in [-0.2, 0) is 14.8 Å². The van der Waals surface area contributed by atoms with E-state index < -0.39 is 16.2 Å². The standard InChI is InChI=1S/C22H25N3O7S/c1-3-31-22(28)32-19-10-6-17(7-11-19)21(27)25-14-12-24(13-15-25)20(26)16-4-8-18(9-5-16)23-33(2,29)30/h4-11,23H,3,12-15H2,1-2H3. The van der Waals surface area contributed by atoms with E-state index in [9.17, 15) is 22.8 Å². The highest BCUT2D eigenvalue weighted by Crippen LogP contribution is 2.17. The van der Waals surface area contributed by atoms with Crippen molar-refractivity contribution in [2.24, 2.45) is 0 Å². The van der Waals surface area contributed by atoms with Gasteiger partial charge in [-0.1, -0.05) is 0 Å². The number of hydrogen-bond donors (Lipinski definition) is 1. The van der Waals surface area contributed by atoms with E-state index in [1.807, 2.05) is 0 Å². The minimum absolute atomic E-state index is 0.180. The molecule has 0 saturated carbocycles. The molecule has 2 aromatic carbocycles. The number of benzene rings is 2. The summed E-state index contributed by atoms with van der Waals surface area (Å²) in [5, 5.41) is 0. The Hall–Kier alpha value is -3.60. The molecular weight excluding hydrogens is 450 g/mol. The average Bonchev–Trinajstić information content (AvgIpc) is 2.78. The first kappa shape index (κ1) is 24.1. The van der Waals surface area contributed by atoms with E-state index in [-0.39, 0.29) is 24.2 Å². The molecule has 1 saturated heterocycles. The zero-order chi connectivity index (χ0) is 24.0. The van der Waals surface area contributed by atoms with E-state index in [1.165, 1.54) is 24.3 Å². The molecule has 1 fully saturated rings. The molecule has 0 aromatic heterocycles. The van der Waals surface area contributed by atoms with Gasteiger partial charge in [0.05, 0.1) is 12.9 Å². The van der Waals surface area contributed by atoms with Gasteiger partial charge in [-0.3, -0.25) is 14.3 Å². The van der Waals surface area contributed by atoms with E-state index >= 15 is 0 Å². The number of piperazine rings is 1. The van der Waals surface area contributed by atoms with Gasteiger partial charge in [0, 0.05) is 43.0 Å². The molecule has 10 nitrogen and oxygen atoms in total. The van der Waals surface area contributed by atoms with Crippen molar-refractivity contribution in [1.82, 2.24) is 9.80 Å². The first-order valence-electron chi connectivity index (χ1n) is 10.3. The number of carbonyl (C=O) groups excluding carboxylic acids is 3. The smallest absolute Gasteiger partial charge is 0.434 e. The number of amides is 2. The zero-order valence-corrected chi connectivity index (χ0v) is 19.1. The fourth-order valence-corrected chi connectivity index (χ4v) is 3.85. The first-order valence-corrected chi connectivity index (χ1v) is 12.2. The zero-order valence-electron chi connectivity index (χ0n) is 18.3. The Balaban J connectivity index is 1.54. The molecule has 0 bridgehead atoms. The number of ether oxygens (including phenoxy) is 2. The molecule has 11 heteroatoms. The summed E-state index contributed by atoms with van der Waals surface area (Å²) < 4.78 is 34.6. The predicted octanol–water partition coefficient (Wildman–Crippen LogP) is 2.19.